The molecule has 0 aliphatic heterocycles. The highest BCUT2D eigenvalue weighted by atomic mass is 16.4. The zero-order chi connectivity index (χ0) is 88.2. The number of H-pyrrole nitrogens is 1. The van der Waals surface area contributed by atoms with E-state index in [1.165, 1.54) is 57.6 Å². The van der Waals surface area contributed by atoms with Gasteiger partial charge >= 0.3 is 11.9 Å². The monoisotopic (exact) mass is 1650 g/mol. The molecule has 1 aromatic heterocycles. The lowest BCUT2D eigenvalue weighted by Gasteiger charge is -2.30. The number of aromatic nitrogens is 2. The second kappa shape index (κ2) is 48.9. The first-order valence-corrected chi connectivity index (χ1v) is 38.3. The number of carboxylic acid groups (broad SMARTS) is 2. The number of rotatable bonds is 52. The summed E-state index contributed by atoms with van der Waals surface area (Å²) in [5.74, 6) is -23.3. The van der Waals surface area contributed by atoms with Gasteiger partial charge in [0, 0.05) is 31.9 Å². The molecule has 117 heavy (non-hydrogen) atoms. The number of aliphatic carboxylic acids is 2. The van der Waals surface area contributed by atoms with Crippen molar-refractivity contribution < 1.29 is 107 Å². The Morgan fingerprint density at radius 3 is 1.31 bits per heavy atom. The van der Waals surface area contributed by atoms with E-state index in [2.05, 4.69) is 79.1 Å². The summed E-state index contributed by atoms with van der Waals surface area (Å²) >= 11 is 0. The first-order valence-electron chi connectivity index (χ1n) is 38.3. The van der Waals surface area contributed by atoms with Crippen molar-refractivity contribution in [2.75, 3.05) is 6.54 Å². The van der Waals surface area contributed by atoms with Crippen LogP contribution in [0.1, 0.15) is 151 Å². The SMILES string of the molecule is CC[C@H](C)[C@H](NC(=O)[C@H](CC(=O)O)NC(=O)[C@H](CC(N)=O)NC(=O)[C@H](CCC(N)=O)NC(=O)[C@@H](NC(=O)[C@@H](NC(=O)[C@H](CC(N)=O)NC(=O)[C@H](Cc1c[nH]cn1)NC(=O)[C@@H](NC(=O)[C@H](CC(C)C)NC(=O)[C@@H](N)CC(C)C)[C@@H](C)CC)C(C)C)[C@@H](C)O)C(=O)NCC(=O)N[C@@H](Cc1ccccc1)C(=O)N[C@@H](Cc1ccc(O)cc1)C(=O)O. The van der Waals surface area contributed by atoms with Crippen molar-refractivity contribution in [1.29, 1.82) is 0 Å². The minimum Gasteiger partial charge on any atom is -0.508 e. The van der Waals surface area contributed by atoms with Crippen LogP contribution in [-0.2, 0) is 106 Å². The average molecular weight is 1650 g/mol. The summed E-state index contributed by atoms with van der Waals surface area (Å²) in [7, 11) is 0. The van der Waals surface area contributed by atoms with Gasteiger partial charge in [0.1, 0.15) is 78.3 Å². The molecule has 0 bridgehead atoms. The first kappa shape index (κ1) is 99.0. The number of hydrogen-bond donors (Lipinski definition) is 22. The van der Waals surface area contributed by atoms with Crippen LogP contribution >= 0.6 is 0 Å². The summed E-state index contributed by atoms with van der Waals surface area (Å²) in [5.41, 5.74) is 23.8. The van der Waals surface area contributed by atoms with Crippen LogP contribution in [-0.4, -0.2) is 228 Å². The zero-order valence-electron chi connectivity index (χ0n) is 67.4. The Labute approximate surface area is 676 Å². The van der Waals surface area contributed by atoms with Crippen LogP contribution in [0.15, 0.2) is 67.1 Å². The number of carbonyl (C=O) groups is 18. The van der Waals surface area contributed by atoms with E-state index in [0.717, 1.165) is 6.92 Å². The Kier molecular flexibility index (Phi) is 41.4. The zero-order valence-corrected chi connectivity index (χ0v) is 67.4. The lowest BCUT2D eigenvalue weighted by molar-refractivity contribution is -0.142. The third kappa shape index (κ3) is 35.2. The minimum absolute atomic E-state index is 0.0527. The Balaban J connectivity index is 1.87. The molecule has 0 unspecified atom stereocenters. The van der Waals surface area contributed by atoms with Gasteiger partial charge in [0.2, 0.25) is 94.5 Å². The fourth-order valence-electron chi connectivity index (χ4n) is 11.8. The van der Waals surface area contributed by atoms with E-state index in [9.17, 15) is 107 Å². The normalized spacial score (nSPS) is 15.3. The smallest absolute Gasteiger partial charge is 0.326 e. The summed E-state index contributed by atoms with van der Waals surface area (Å²) in [6.07, 6.45) is -3.61. The summed E-state index contributed by atoms with van der Waals surface area (Å²) in [6.45, 7) is 16.9. The van der Waals surface area contributed by atoms with Crippen molar-refractivity contribution in [3.8, 4) is 5.75 Å². The molecular formula is C76H115N19O22. The number of nitrogens with one attached hydrogen (secondary N) is 14. The summed E-state index contributed by atoms with van der Waals surface area (Å²) < 4.78 is 0. The molecule has 16 amide bonds. The van der Waals surface area contributed by atoms with Crippen molar-refractivity contribution in [3.63, 3.8) is 0 Å². The third-order valence-electron chi connectivity index (χ3n) is 18.6. The van der Waals surface area contributed by atoms with Crippen molar-refractivity contribution >= 4 is 106 Å². The molecule has 41 heteroatoms. The number of nitrogens with zero attached hydrogens (tertiary/aromatic N) is 1. The Morgan fingerprint density at radius 1 is 0.427 bits per heavy atom. The molecule has 0 spiro atoms. The summed E-state index contributed by atoms with van der Waals surface area (Å²) in [5, 5.41) is 71.8. The fourth-order valence-corrected chi connectivity index (χ4v) is 11.8. The first-order chi connectivity index (χ1) is 54.8. The number of phenolic OH excluding ortho intramolecular Hbond substituents is 1. The maximum absolute atomic E-state index is 14.5. The number of hydrogen-bond acceptors (Lipinski definition) is 22. The predicted octanol–water partition coefficient (Wildman–Crippen LogP) is -4.80. The number of primary amides is 3. The van der Waals surface area contributed by atoms with E-state index in [1.54, 1.807) is 51.1 Å². The van der Waals surface area contributed by atoms with Gasteiger partial charge in [-0.3, -0.25) is 81.5 Å². The number of carboxylic acids is 2. The highest BCUT2D eigenvalue weighted by Crippen LogP contribution is 2.18. The topological polar surface area (TPSA) is 677 Å². The Hall–Kier alpha value is -12.2. The predicted molar refractivity (Wildman–Crippen MR) is 419 cm³/mol. The van der Waals surface area contributed by atoms with Gasteiger partial charge in [-0.15, -0.1) is 0 Å². The van der Waals surface area contributed by atoms with Gasteiger partial charge in [-0.05, 0) is 79.0 Å². The number of carbonyl (C=O) groups excluding carboxylic acids is 16. The van der Waals surface area contributed by atoms with Gasteiger partial charge in [-0.2, -0.15) is 0 Å². The van der Waals surface area contributed by atoms with Crippen molar-refractivity contribution in [1.82, 2.24) is 79.1 Å². The number of nitrogens with two attached hydrogens (primary N) is 4. The van der Waals surface area contributed by atoms with Crippen LogP contribution in [0.3, 0.4) is 0 Å². The number of aliphatic hydroxyl groups excluding tert-OH is 1. The molecule has 0 saturated heterocycles. The lowest BCUT2D eigenvalue weighted by Crippen LogP contribution is -2.63. The highest BCUT2D eigenvalue weighted by molar-refractivity contribution is 6.02. The summed E-state index contributed by atoms with van der Waals surface area (Å²) in [6, 6.07) is -7.64. The molecular weight excluding hydrogens is 1530 g/mol. The molecule has 646 valence electrons. The fraction of sp³-hybridized carbons (Fsp3) is 0.566. The van der Waals surface area contributed by atoms with E-state index in [0.29, 0.717) is 24.0 Å². The second-order valence-electron chi connectivity index (χ2n) is 29.9. The van der Waals surface area contributed by atoms with Gasteiger partial charge in [-0.1, -0.05) is 125 Å². The van der Waals surface area contributed by atoms with E-state index in [-0.39, 0.29) is 55.4 Å². The van der Waals surface area contributed by atoms with Crippen LogP contribution in [0.25, 0.3) is 0 Å². The number of aromatic amines is 1. The quantitative estimate of drug-likeness (QED) is 0.0252. The highest BCUT2D eigenvalue weighted by Gasteiger charge is 2.41. The van der Waals surface area contributed by atoms with E-state index in [4.69, 9.17) is 22.9 Å². The standard InChI is InChI=1S/C76H115N19O22/c1-12-39(9)61(72(112)82-34-58(101)84-49(27-42-17-15-14-16-18-42)66(106)91-54(76(116)117)28-43-19-21-45(97)22-20-43)93-71(111)53(32-59(102)103)89-68(108)51(30-56(79)99)87-65(105)47(23-24-55(78)98)85-75(115)63(41(11)96)95-73(113)60(38(7)8)92-70(110)52(31-57(80)100)88-67(107)50(29-44-33-81-35-83-44)90-74(114)62(40(10)13-2)94-69(109)48(26-37(5)6)86-64(104)46(77)25-36(3)4/h14-22,33,35-41,46-54,60-63,96-97H,12-13,23-32,34,77H2,1-11H3,(H2,78,98)(H2,79,99)(H2,80,100)(H,81,83)(H,82,112)(H,84,101)(H,85,115)(H,86,104)(H,87,105)(H,88,107)(H,89,108)(H,90,114)(H,91,106)(H,92,110)(H,93,111)(H,94,109)(H,95,113)(H,102,103)(H,116,117)/t39-,40-,41+,46-,47-,48-,49-,50-,51-,52-,53-,54-,60-,61-,62-,63-/m0/s1. The molecule has 2 aromatic carbocycles. The van der Waals surface area contributed by atoms with Crippen LogP contribution < -0.4 is 92.1 Å². The molecule has 1 heterocycles. The average Bonchev–Trinajstić information content (AvgIpc) is 1.46. The molecule has 0 radical (unpaired) electrons. The number of aromatic hydroxyl groups is 1. The molecule has 0 saturated carbocycles. The largest absolute Gasteiger partial charge is 0.508 e. The summed E-state index contributed by atoms with van der Waals surface area (Å²) in [4.78, 5) is 252. The van der Waals surface area contributed by atoms with E-state index >= 15 is 0 Å². The molecule has 3 aromatic rings. The number of phenols is 1. The van der Waals surface area contributed by atoms with Gasteiger partial charge in [0.25, 0.3) is 0 Å². The maximum atomic E-state index is 14.5. The van der Waals surface area contributed by atoms with Gasteiger partial charge < -0.3 is 117 Å². The molecule has 26 N–H and O–H groups in total. The maximum Gasteiger partial charge on any atom is 0.326 e. The minimum atomic E-state index is -2.13. The van der Waals surface area contributed by atoms with Crippen LogP contribution in [0.5, 0.6) is 5.75 Å². The van der Waals surface area contributed by atoms with E-state index < -0.39 is 248 Å². The number of aliphatic hydroxyl groups is 1. The van der Waals surface area contributed by atoms with Gasteiger partial charge in [0.15, 0.2) is 0 Å². The van der Waals surface area contributed by atoms with Gasteiger partial charge in [-0.25, -0.2) is 9.78 Å². The van der Waals surface area contributed by atoms with Crippen LogP contribution in [0, 0.1) is 29.6 Å². The molecule has 3 rings (SSSR count). The van der Waals surface area contributed by atoms with Crippen molar-refractivity contribution in [3.05, 3.63) is 83.9 Å². The Morgan fingerprint density at radius 2 is 0.838 bits per heavy atom. The van der Waals surface area contributed by atoms with E-state index in [1.807, 2.05) is 27.7 Å². The van der Waals surface area contributed by atoms with Crippen LogP contribution in [0.4, 0.5) is 0 Å². The third-order valence-corrected chi connectivity index (χ3v) is 18.6. The molecule has 0 aliphatic carbocycles. The molecule has 0 fully saturated rings. The number of benzene rings is 2. The number of amides is 16. The van der Waals surface area contributed by atoms with Crippen LogP contribution in [0.2, 0.25) is 0 Å². The van der Waals surface area contributed by atoms with Crippen molar-refractivity contribution in [2.24, 2.45) is 52.5 Å². The number of imidazole rings is 1. The lowest BCUT2D eigenvalue weighted by atomic mass is 9.96. The second-order valence-corrected chi connectivity index (χ2v) is 29.9. The molecule has 41 nitrogen and oxygen atoms in total. The van der Waals surface area contributed by atoms with Crippen molar-refractivity contribution in [2.45, 2.75) is 238 Å². The van der Waals surface area contributed by atoms with Gasteiger partial charge in [0.05, 0.1) is 50.0 Å². The molecule has 16 atom stereocenters. The Bertz CT molecular complexity index is 3920. The molecule has 0 aliphatic rings.